The Bertz CT molecular complexity index is 269. The summed E-state index contributed by atoms with van der Waals surface area (Å²) in [6.07, 6.45) is 3.39. The Labute approximate surface area is 86.6 Å². The molecular weight excluding hydrogens is 202 g/mol. The third-order valence-corrected chi connectivity index (χ3v) is 4.11. The average molecular weight is 215 g/mol. The van der Waals surface area contributed by atoms with Crippen molar-refractivity contribution in [3.05, 3.63) is 0 Å². The van der Waals surface area contributed by atoms with Gasteiger partial charge in [-0.2, -0.15) is 0 Å². The standard InChI is InChI=1S/C9H13NO3S/c11-7-3-1-2-4-8-10(7)6(5-14-8)9(12)13/h6,8H,1-5H2,(H,12,13). The fourth-order valence-corrected chi connectivity index (χ4v) is 3.50. The van der Waals surface area contributed by atoms with Gasteiger partial charge in [0.1, 0.15) is 6.04 Å². The summed E-state index contributed by atoms with van der Waals surface area (Å²) in [5.41, 5.74) is 0. The second-order valence-corrected chi connectivity index (χ2v) is 4.90. The van der Waals surface area contributed by atoms with E-state index in [1.54, 1.807) is 16.7 Å². The molecule has 1 amide bonds. The molecule has 0 saturated carbocycles. The van der Waals surface area contributed by atoms with E-state index in [1.165, 1.54) is 0 Å². The predicted octanol–water partition coefficient (Wildman–Crippen LogP) is 0.915. The highest BCUT2D eigenvalue weighted by molar-refractivity contribution is 8.00. The molecule has 0 aromatic heterocycles. The predicted molar refractivity (Wildman–Crippen MR) is 53.0 cm³/mol. The van der Waals surface area contributed by atoms with Crippen molar-refractivity contribution in [3.8, 4) is 0 Å². The van der Waals surface area contributed by atoms with Crippen molar-refractivity contribution in [1.29, 1.82) is 0 Å². The van der Waals surface area contributed by atoms with Crippen molar-refractivity contribution >= 4 is 23.6 Å². The third-order valence-electron chi connectivity index (χ3n) is 2.76. The second-order valence-electron chi connectivity index (χ2n) is 3.69. The number of aliphatic carboxylic acids is 1. The molecular formula is C9H13NO3S. The summed E-state index contributed by atoms with van der Waals surface area (Å²) in [6.45, 7) is 0. The quantitative estimate of drug-likeness (QED) is 0.706. The van der Waals surface area contributed by atoms with Gasteiger partial charge in [-0.1, -0.05) is 6.42 Å². The Morgan fingerprint density at radius 2 is 2.29 bits per heavy atom. The molecule has 78 valence electrons. The summed E-state index contributed by atoms with van der Waals surface area (Å²) in [5, 5.41) is 9.07. The summed E-state index contributed by atoms with van der Waals surface area (Å²) in [7, 11) is 0. The van der Waals surface area contributed by atoms with Crippen LogP contribution in [0.4, 0.5) is 0 Å². The van der Waals surface area contributed by atoms with Crippen LogP contribution in [0.5, 0.6) is 0 Å². The Morgan fingerprint density at radius 1 is 1.50 bits per heavy atom. The van der Waals surface area contributed by atoms with Gasteiger partial charge in [-0.05, 0) is 12.8 Å². The lowest BCUT2D eigenvalue weighted by Crippen LogP contribution is -2.44. The Balaban J connectivity index is 2.18. The van der Waals surface area contributed by atoms with E-state index in [1.807, 2.05) is 0 Å². The molecule has 2 aliphatic heterocycles. The number of thioether (sulfide) groups is 1. The van der Waals surface area contributed by atoms with Gasteiger partial charge >= 0.3 is 5.97 Å². The molecule has 2 fully saturated rings. The molecule has 2 rings (SSSR count). The van der Waals surface area contributed by atoms with Crippen LogP contribution in [0.25, 0.3) is 0 Å². The molecule has 2 aliphatic rings. The van der Waals surface area contributed by atoms with Gasteiger partial charge < -0.3 is 10.0 Å². The smallest absolute Gasteiger partial charge is 0.327 e. The third kappa shape index (κ3) is 1.61. The van der Waals surface area contributed by atoms with Crippen LogP contribution in [0.3, 0.4) is 0 Å². The fraction of sp³-hybridized carbons (Fsp3) is 0.778. The highest BCUT2D eigenvalue weighted by Crippen LogP contribution is 2.35. The van der Waals surface area contributed by atoms with Crippen LogP contribution < -0.4 is 0 Å². The number of nitrogens with zero attached hydrogens (tertiary/aromatic N) is 1. The highest BCUT2D eigenvalue weighted by Gasteiger charge is 2.41. The highest BCUT2D eigenvalue weighted by atomic mass is 32.2. The number of hydrogen-bond donors (Lipinski definition) is 1. The molecule has 1 N–H and O–H groups in total. The Morgan fingerprint density at radius 3 is 3.00 bits per heavy atom. The molecule has 14 heavy (non-hydrogen) atoms. The van der Waals surface area contributed by atoms with Gasteiger partial charge in [0.05, 0.1) is 5.37 Å². The van der Waals surface area contributed by atoms with Gasteiger partial charge in [-0.3, -0.25) is 4.79 Å². The summed E-state index contributed by atoms with van der Waals surface area (Å²) < 4.78 is 0. The molecule has 2 saturated heterocycles. The van der Waals surface area contributed by atoms with E-state index in [9.17, 15) is 9.59 Å². The lowest BCUT2D eigenvalue weighted by molar-refractivity contribution is -0.148. The van der Waals surface area contributed by atoms with Crippen molar-refractivity contribution < 1.29 is 14.7 Å². The van der Waals surface area contributed by atoms with Crippen LogP contribution in [0.2, 0.25) is 0 Å². The summed E-state index contributed by atoms with van der Waals surface area (Å²) in [5.74, 6) is -0.300. The van der Waals surface area contributed by atoms with Crippen molar-refractivity contribution in [2.45, 2.75) is 37.1 Å². The molecule has 5 heteroatoms. The number of carbonyl (C=O) groups excluding carboxylic acids is 1. The maximum Gasteiger partial charge on any atom is 0.327 e. The lowest BCUT2D eigenvalue weighted by Gasteiger charge is -2.24. The van der Waals surface area contributed by atoms with Crippen molar-refractivity contribution in [3.63, 3.8) is 0 Å². The van der Waals surface area contributed by atoms with Crippen molar-refractivity contribution in [2.75, 3.05) is 5.75 Å². The van der Waals surface area contributed by atoms with Crippen LogP contribution in [0.15, 0.2) is 0 Å². The van der Waals surface area contributed by atoms with E-state index in [-0.39, 0.29) is 11.3 Å². The average Bonchev–Trinajstić information content (AvgIpc) is 2.48. The maximum absolute atomic E-state index is 11.7. The van der Waals surface area contributed by atoms with E-state index >= 15 is 0 Å². The number of amides is 1. The minimum Gasteiger partial charge on any atom is -0.480 e. The lowest BCUT2D eigenvalue weighted by atomic mass is 10.2. The van der Waals surface area contributed by atoms with Crippen LogP contribution in [-0.4, -0.2) is 39.1 Å². The van der Waals surface area contributed by atoms with E-state index in [0.29, 0.717) is 12.2 Å². The normalized spacial score (nSPS) is 32.6. The van der Waals surface area contributed by atoms with E-state index in [4.69, 9.17) is 5.11 Å². The Kier molecular flexibility index (Phi) is 2.67. The number of carboxylic acid groups (broad SMARTS) is 1. The molecule has 2 unspecified atom stereocenters. The largest absolute Gasteiger partial charge is 0.480 e. The zero-order valence-electron chi connectivity index (χ0n) is 7.81. The maximum atomic E-state index is 11.7. The zero-order chi connectivity index (χ0) is 10.1. The van der Waals surface area contributed by atoms with Gasteiger partial charge in [0.25, 0.3) is 0 Å². The first-order chi connectivity index (χ1) is 6.70. The van der Waals surface area contributed by atoms with E-state index in [0.717, 1.165) is 19.3 Å². The molecule has 0 aromatic carbocycles. The van der Waals surface area contributed by atoms with Gasteiger partial charge in [-0.25, -0.2) is 4.79 Å². The topological polar surface area (TPSA) is 57.6 Å². The molecule has 0 bridgehead atoms. The molecule has 2 atom stereocenters. The van der Waals surface area contributed by atoms with Crippen LogP contribution in [0.1, 0.15) is 25.7 Å². The van der Waals surface area contributed by atoms with Crippen LogP contribution >= 0.6 is 11.8 Å². The number of hydrogen-bond acceptors (Lipinski definition) is 3. The minimum atomic E-state index is -0.866. The first-order valence-corrected chi connectivity index (χ1v) is 5.90. The number of carboxylic acids is 1. The molecule has 0 radical (unpaired) electrons. The van der Waals surface area contributed by atoms with Crippen LogP contribution in [-0.2, 0) is 9.59 Å². The minimum absolute atomic E-state index is 0.0184. The van der Waals surface area contributed by atoms with Gasteiger partial charge in [0.15, 0.2) is 0 Å². The van der Waals surface area contributed by atoms with E-state index < -0.39 is 12.0 Å². The van der Waals surface area contributed by atoms with E-state index in [2.05, 4.69) is 0 Å². The SMILES string of the molecule is O=C(O)C1CSC2CCCCC(=O)N21. The van der Waals surface area contributed by atoms with Crippen molar-refractivity contribution in [2.24, 2.45) is 0 Å². The fourth-order valence-electron chi connectivity index (χ4n) is 2.03. The first-order valence-electron chi connectivity index (χ1n) is 4.85. The molecule has 0 aliphatic carbocycles. The zero-order valence-corrected chi connectivity index (χ0v) is 8.63. The molecule has 0 spiro atoms. The summed E-state index contributed by atoms with van der Waals surface area (Å²) in [6, 6.07) is -0.587. The monoisotopic (exact) mass is 215 g/mol. The number of carbonyl (C=O) groups is 2. The molecule has 0 aromatic rings. The van der Waals surface area contributed by atoms with Gasteiger partial charge in [0.2, 0.25) is 5.91 Å². The number of fused-ring (bicyclic) bond motifs is 1. The molecule has 4 nitrogen and oxygen atoms in total. The second kappa shape index (κ2) is 3.81. The molecule has 2 heterocycles. The van der Waals surface area contributed by atoms with Gasteiger partial charge in [0, 0.05) is 12.2 Å². The number of rotatable bonds is 1. The van der Waals surface area contributed by atoms with Gasteiger partial charge in [-0.15, -0.1) is 11.8 Å². The van der Waals surface area contributed by atoms with Crippen molar-refractivity contribution in [1.82, 2.24) is 4.90 Å². The first kappa shape index (κ1) is 9.83. The van der Waals surface area contributed by atoms with Crippen LogP contribution in [0, 0.1) is 0 Å². The Hall–Kier alpha value is -0.710. The summed E-state index contributed by atoms with van der Waals surface area (Å²) in [4.78, 5) is 24.2. The summed E-state index contributed by atoms with van der Waals surface area (Å²) >= 11 is 1.60.